The summed E-state index contributed by atoms with van der Waals surface area (Å²) in [4.78, 5) is 12.8. The van der Waals surface area contributed by atoms with E-state index < -0.39 is 10.0 Å². The molecule has 33 heavy (non-hydrogen) atoms. The first-order valence-electron chi connectivity index (χ1n) is 10.8. The van der Waals surface area contributed by atoms with Crippen LogP contribution in [0.5, 0.6) is 5.75 Å². The maximum absolute atomic E-state index is 12.9. The molecule has 0 spiro atoms. The van der Waals surface area contributed by atoms with Crippen LogP contribution in [0.1, 0.15) is 13.8 Å². The van der Waals surface area contributed by atoms with Gasteiger partial charge < -0.3 is 15.4 Å². The van der Waals surface area contributed by atoms with Crippen LogP contribution < -0.4 is 15.4 Å². The fourth-order valence-corrected chi connectivity index (χ4v) is 5.02. The minimum Gasteiger partial charge on any atom is -0.495 e. The van der Waals surface area contributed by atoms with E-state index in [1.54, 1.807) is 19.9 Å². The number of amides is 1. The summed E-state index contributed by atoms with van der Waals surface area (Å²) in [5, 5.41) is 5.94. The molecule has 3 aromatic rings. The number of ether oxygens (including phenoxy) is 1. The Balaban J connectivity index is 1.78. The van der Waals surface area contributed by atoms with E-state index in [-0.39, 0.29) is 17.3 Å². The number of anilines is 2. The van der Waals surface area contributed by atoms with Gasteiger partial charge in [0.05, 0.1) is 24.2 Å². The lowest BCUT2D eigenvalue weighted by Gasteiger charge is -2.20. The number of hydrogen-bond acceptors (Lipinski definition) is 5. The zero-order valence-corrected chi connectivity index (χ0v) is 19.9. The number of hydrogen-bond donors (Lipinski definition) is 2. The third-order valence-electron chi connectivity index (χ3n) is 5.24. The first-order valence-corrected chi connectivity index (χ1v) is 12.2. The highest BCUT2D eigenvalue weighted by molar-refractivity contribution is 7.89. The lowest BCUT2D eigenvalue weighted by Crippen LogP contribution is -2.30. The van der Waals surface area contributed by atoms with Crippen molar-refractivity contribution in [3.05, 3.63) is 72.8 Å². The molecule has 0 bridgehead atoms. The number of benzene rings is 3. The molecule has 0 saturated carbocycles. The number of methoxy groups -OCH3 is 1. The van der Waals surface area contributed by atoms with E-state index in [9.17, 15) is 13.2 Å². The Morgan fingerprint density at radius 1 is 0.909 bits per heavy atom. The minimum absolute atomic E-state index is 0.0000236. The van der Waals surface area contributed by atoms with Crippen LogP contribution in [-0.4, -0.2) is 45.4 Å². The van der Waals surface area contributed by atoms with Crippen LogP contribution in [0.15, 0.2) is 77.7 Å². The maximum atomic E-state index is 12.9. The number of sulfonamides is 1. The maximum Gasteiger partial charge on any atom is 0.243 e. The summed E-state index contributed by atoms with van der Waals surface area (Å²) in [5.41, 5.74) is 3.14. The second-order valence-corrected chi connectivity index (χ2v) is 9.20. The average Bonchev–Trinajstić information content (AvgIpc) is 2.84. The second kappa shape index (κ2) is 11.0. The van der Waals surface area contributed by atoms with Crippen molar-refractivity contribution in [1.82, 2.24) is 4.31 Å². The van der Waals surface area contributed by atoms with Crippen molar-refractivity contribution in [2.75, 3.05) is 37.4 Å². The van der Waals surface area contributed by atoms with Gasteiger partial charge in [-0.05, 0) is 29.8 Å². The molecule has 0 unspecified atom stereocenters. The second-order valence-electron chi connectivity index (χ2n) is 7.26. The molecule has 8 heteroatoms. The van der Waals surface area contributed by atoms with Crippen molar-refractivity contribution in [2.45, 2.75) is 18.7 Å². The number of nitrogens with zero attached hydrogens (tertiary/aromatic N) is 1. The van der Waals surface area contributed by atoms with Crippen molar-refractivity contribution >= 4 is 27.3 Å². The van der Waals surface area contributed by atoms with Gasteiger partial charge >= 0.3 is 0 Å². The first kappa shape index (κ1) is 24.3. The number of carbonyl (C=O) groups excluding carboxylic acids is 1. The Morgan fingerprint density at radius 3 is 2.24 bits per heavy atom. The van der Waals surface area contributed by atoms with Crippen molar-refractivity contribution in [2.24, 2.45) is 0 Å². The molecule has 2 N–H and O–H groups in total. The summed E-state index contributed by atoms with van der Waals surface area (Å²) >= 11 is 0. The predicted octanol–water partition coefficient (Wildman–Crippen LogP) is 4.44. The summed E-state index contributed by atoms with van der Waals surface area (Å²) in [7, 11) is -2.19. The van der Waals surface area contributed by atoms with Crippen molar-refractivity contribution in [1.29, 1.82) is 0 Å². The van der Waals surface area contributed by atoms with E-state index in [0.717, 1.165) is 16.8 Å². The smallest absolute Gasteiger partial charge is 0.243 e. The van der Waals surface area contributed by atoms with Gasteiger partial charge in [0.25, 0.3) is 0 Å². The van der Waals surface area contributed by atoms with Gasteiger partial charge in [-0.3, -0.25) is 4.79 Å². The summed E-state index contributed by atoms with van der Waals surface area (Å²) in [6, 6.07) is 22.1. The molecule has 0 aliphatic carbocycles. The Morgan fingerprint density at radius 2 is 1.58 bits per heavy atom. The van der Waals surface area contributed by atoms with Crippen LogP contribution in [-0.2, 0) is 14.8 Å². The van der Waals surface area contributed by atoms with Crippen molar-refractivity contribution in [3.63, 3.8) is 0 Å². The van der Waals surface area contributed by atoms with Gasteiger partial charge in [0, 0.05) is 24.3 Å². The number of para-hydroxylation sites is 1. The fraction of sp³-hybridized carbons (Fsp3) is 0.240. The zero-order chi connectivity index (χ0) is 23.8. The third-order valence-corrected chi connectivity index (χ3v) is 7.29. The summed E-state index contributed by atoms with van der Waals surface area (Å²) in [6.07, 6.45) is 0. The molecule has 0 radical (unpaired) electrons. The summed E-state index contributed by atoms with van der Waals surface area (Å²) < 4.78 is 32.4. The Bertz CT molecular complexity index is 1190. The highest BCUT2D eigenvalue weighted by Gasteiger charge is 2.23. The van der Waals surface area contributed by atoms with Gasteiger partial charge in [-0.2, -0.15) is 4.31 Å². The van der Waals surface area contributed by atoms with Crippen LogP contribution in [0.3, 0.4) is 0 Å². The van der Waals surface area contributed by atoms with Gasteiger partial charge in [0.2, 0.25) is 15.9 Å². The highest BCUT2D eigenvalue weighted by Crippen LogP contribution is 2.30. The van der Waals surface area contributed by atoms with Gasteiger partial charge in [0.1, 0.15) is 5.75 Å². The summed E-state index contributed by atoms with van der Waals surface area (Å²) in [6.45, 7) is 4.28. The highest BCUT2D eigenvalue weighted by atomic mass is 32.2. The largest absolute Gasteiger partial charge is 0.495 e. The van der Waals surface area contributed by atoms with Crippen molar-refractivity contribution < 1.29 is 17.9 Å². The monoisotopic (exact) mass is 467 g/mol. The lowest BCUT2D eigenvalue weighted by atomic mass is 10.0. The van der Waals surface area contributed by atoms with E-state index in [1.165, 1.54) is 23.5 Å². The molecule has 1 amide bonds. The van der Waals surface area contributed by atoms with Gasteiger partial charge in [-0.1, -0.05) is 62.4 Å². The Hall–Kier alpha value is -3.36. The predicted molar refractivity (Wildman–Crippen MR) is 132 cm³/mol. The SMILES string of the molecule is CCN(CC)S(=O)(=O)c1ccc(OC)c(NC(=O)CNc2ccccc2-c2ccccc2)c1. The molecular formula is C25H29N3O4S. The molecule has 0 aromatic heterocycles. The third kappa shape index (κ3) is 5.71. The van der Waals surface area contributed by atoms with E-state index in [0.29, 0.717) is 24.5 Å². The van der Waals surface area contributed by atoms with Gasteiger partial charge in [0.15, 0.2) is 0 Å². The van der Waals surface area contributed by atoms with Crippen LogP contribution in [0, 0.1) is 0 Å². The molecule has 0 aliphatic heterocycles. The molecule has 174 valence electrons. The number of nitrogens with one attached hydrogen (secondary N) is 2. The molecule has 0 saturated heterocycles. The van der Waals surface area contributed by atoms with Crippen molar-refractivity contribution in [3.8, 4) is 16.9 Å². The van der Waals surface area contributed by atoms with Crippen LogP contribution in [0.25, 0.3) is 11.1 Å². The molecule has 3 aromatic carbocycles. The standard InChI is InChI=1S/C25H29N3O4S/c1-4-28(5-2)33(30,31)20-15-16-24(32-3)23(17-20)27-25(29)18-26-22-14-10-9-13-21(22)19-11-7-6-8-12-19/h6-17,26H,4-5,18H2,1-3H3,(H,27,29). The average molecular weight is 468 g/mol. The topological polar surface area (TPSA) is 87.7 Å². The lowest BCUT2D eigenvalue weighted by molar-refractivity contribution is -0.114. The molecular weight excluding hydrogens is 438 g/mol. The molecule has 0 aliphatic rings. The number of carbonyl (C=O) groups is 1. The van der Waals surface area contributed by atoms with E-state index in [4.69, 9.17) is 4.74 Å². The van der Waals surface area contributed by atoms with E-state index >= 15 is 0 Å². The normalized spacial score (nSPS) is 11.3. The number of rotatable bonds is 10. The Labute approximate surface area is 195 Å². The van der Waals surface area contributed by atoms with E-state index in [1.807, 2.05) is 54.6 Å². The quantitative estimate of drug-likeness (QED) is 0.460. The van der Waals surface area contributed by atoms with Crippen LogP contribution in [0.2, 0.25) is 0 Å². The minimum atomic E-state index is -3.67. The molecule has 0 fully saturated rings. The fourth-order valence-electron chi connectivity index (χ4n) is 3.53. The zero-order valence-electron chi connectivity index (χ0n) is 19.0. The van der Waals surface area contributed by atoms with Crippen LogP contribution >= 0.6 is 0 Å². The van der Waals surface area contributed by atoms with Gasteiger partial charge in [-0.25, -0.2) is 8.42 Å². The molecule has 0 heterocycles. The molecule has 7 nitrogen and oxygen atoms in total. The van der Waals surface area contributed by atoms with Crippen LogP contribution in [0.4, 0.5) is 11.4 Å². The summed E-state index contributed by atoms with van der Waals surface area (Å²) in [5.74, 6) is 0.0556. The molecule has 3 rings (SSSR count). The Kier molecular flexibility index (Phi) is 8.08. The van der Waals surface area contributed by atoms with E-state index in [2.05, 4.69) is 10.6 Å². The molecule has 0 atom stereocenters. The van der Waals surface area contributed by atoms with Gasteiger partial charge in [-0.15, -0.1) is 0 Å². The first-order chi connectivity index (χ1) is 15.9.